The second-order valence-corrected chi connectivity index (χ2v) is 7.38. The van der Waals surface area contributed by atoms with Crippen molar-refractivity contribution in [3.8, 4) is 0 Å². The van der Waals surface area contributed by atoms with Crippen molar-refractivity contribution < 1.29 is 24.6 Å². The molecule has 1 fully saturated rings. The van der Waals surface area contributed by atoms with Crippen molar-refractivity contribution in [1.29, 1.82) is 0 Å². The lowest BCUT2D eigenvalue weighted by Gasteiger charge is -2.43. The lowest BCUT2D eigenvalue weighted by molar-refractivity contribution is -0.236. The van der Waals surface area contributed by atoms with Crippen molar-refractivity contribution >= 4 is 31.1 Å². The topological polar surface area (TPSA) is 82.4 Å². The third kappa shape index (κ3) is 2.61. The van der Waals surface area contributed by atoms with Crippen molar-refractivity contribution in [3.63, 3.8) is 0 Å². The number of nitrogens with zero attached hydrogens (tertiary/aromatic N) is 1. The summed E-state index contributed by atoms with van der Waals surface area (Å²) in [5.41, 5.74) is -2.03. The number of rotatable bonds is 1. The zero-order valence-electron chi connectivity index (χ0n) is 12.3. The Morgan fingerprint density at radius 2 is 1.65 bits per heavy atom. The van der Waals surface area contributed by atoms with Gasteiger partial charge in [0, 0.05) is 22.6 Å². The van der Waals surface area contributed by atoms with E-state index in [4.69, 9.17) is 9.31 Å². The van der Waals surface area contributed by atoms with Gasteiger partial charge < -0.3 is 24.6 Å². The van der Waals surface area contributed by atoms with E-state index in [1.54, 1.807) is 0 Å². The molecule has 20 heavy (non-hydrogen) atoms. The predicted octanol–water partition coefficient (Wildman–Crippen LogP) is -0.523. The summed E-state index contributed by atoms with van der Waals surface area (Å²) in [6.45, 7) is 7.65. The van der Waals surface area contributed by atoms with Gasteiger partial charge in [0.05, 0.1) is 16.8 Å². The molecular weight excluding hydrogens is 328 g/mol. The van der Waals surface area contributed by atoms with Gasteiger partial charge in [0.25, 0.3) is 5.91 Å². The molecule has 0 bridgehead atoms. The zero-order valence-corrected chi connectivity index (χ0v) is 13.9. The van der Waals surface area contributed by atoms with Gasteiger partial charge in [-0.2, -0.15) is 3.93 Å². The molecule has 0 aliphatic carbocycles. The highest BCUT2D eigenvalue weighted by atomic mass is 79.9. The molecule has 1 unspecified atom stereocenters. The molecule has 0 amide bonds. The van der Waals surface area contributed by atoms with Crippen LogP contribution in [0.4, 0.5) is 0 Å². The average molecular weight is 348 g/mol. The minimum atomic E-state index is -2.32. The van der Waals surface area contributed by atoms with Crippen molar-refractivity contribution in [3.05, 3.63) is 11.5 Å². The summed E-state index contributed by atoms with van der Waals surface area (Å²) >= 11 is 2.97. The highest BCUT2D eigenvalue weighted by Gasteiger charge is 2.56. The first kappa shape index (κ1) is 16.5. The average Bonchev–Trinajstić information content (AvgIpc) is 2.44. The lowest BCUT2D eigenvalue weighted by Crippen LogP contribution is -2.59. The van der Waals surface area contributed by atoms with Crippen LogP contribution in [0.1, 0.15) is 34.1 Å². The smallest absolute Gasteiger partial charge is 0.400 e. The molecule has 0 spiro atoms. The van der Waals surface area contributed by atoms with E-state index in [0.29, 0.717) is 5.47 Å². The maximum Gasteiger partial charge on any atom is 0.490 e. The highest BCUT2D eigenvalue weighted by Crippen LogP contribution is 2.42. The second-order valence-electron chi connectivity index (χ2n) is 6.67. The van der Waals surface area contributed by atoms with Gasteiger partial charge in [0.2, 0.25) is 0 Å². The van der Waals surface area contributed by atoms with E-state index in [0.717, 1.165) is 3.93 Å². The third-order valence-electron chi connectivity index (χ3n) is 4.19. The van der Waals surface area contributed by atoms with E-state index in [1.807, 2.05) is 27.7 Å². The largest absolute Gasteiger partial charge is 0.490 e. The van der Waals surface area contributed by atoms with Crippen molar-refractivity contribution in [1.82, 2.24) is 3.93 Å². The number of halogens is 1. The Kier molecular flexibility index (Phi) is 3.75. The molecule has 2 heterocycles. The minimum absolute atomic E-state index is 0.165. The summed E-state index contributed by atoms with van der Waals surface area (Å²) in [5, 5.41) is 30.2. The van der Waals surface area contributed by atoms with E-state index >= 15 is 0 Å². The summed E-state index contributed by atoms with van der Waals surface area (Å²) in [6.07, 6.45) is 1.39. The predicted molar refractivity (Wildman–Crippen MR) is 80.2 cm³/mol. The Morgan fingerprint density at radius 1 is 1.20 bits per heavy atom. The fourth-order valence-electron chi connectivity index (χ4n) is 2.31. The fourth-order valence-corrected chi connectivity index (χ4v) is 2.54. The molecule has 0 aromatic carbocycles. The lowest BCUT2D eigenvalue weighted by atomic mass is 9.67. The van der Waals surface area contributed by atoms with Gasteiger partial charge in [-0.25, -0.2) is 0 Å². The molecule has 0 aromatic rings. The van der Waals surface area contributed by atoms with Crippen LogP contribution in [0.5, 0.6) is 0 Å². The van der Waals surface area contributed by atoms with Gasteiger partial charge in [-0.15, -0.1) is 0 Å². The first-order chi connectivity index (χ1) is 8.79. The standard InChI is InChI=1S/C11H20B2BrNO5/c1-8(2)9(3,4)20-13(19-8)7-5-10(12,16)15(14)11(17,18)6-7/h6,16-18H,5,12H2,1-4H3. The molecule has 2 rings (SSSR count). The third-order valence-corrected chi connectivity index (χ3v) is 5.47. The Bertz CT molecular complexity index is 436. The monoisotopic (exact) mass is 347 g/mol. The molecule has 9 heteroatoms. The van der Waals surface area contributed by atoms with Crippen LogP contribution in [0.25, 0.3) is 0 Å². The molecule has 0 aromatic heterocycles. The molecule has 0 saturated carbocycles. The maximum absolute atomic E-state index is 10.3. The van der Waals surface area contributed by atoms with E-state index in [2.05, 4.69) is 16.1 Å². The highest BCUT2D eigenvalue weighted by molar-refractivity contribution is 9.07. The Hall–Kier alpha value is 0.110. The van der Waals surface area contributed by atoms with Crippen LogP contribution in [-0.4, -0.2) is 56.9 Å². The van der Waals surface area contributed by atoms with Gasteiger partial charge in [0.1, 0.15) is 0 Å². The molecule has 0 radical (unpaired) electrons. The van der Waals surface area contributed by atoms with Gasteiger partial charge in [0.15, 0.2) is 7.85 Å². The normalized spacial score (nSPS) is 36.0. The maximum atomic E-state index is 10.3. The quantitative estimate of drug-likeness (QED) is 0.336. The molecule has 3 N–H and O–H groups in total. The van der Waals surface area contributed by atoms with Gasteiger partial charge in [-0.3, -0.25) is 0 Å². The Labute approximate surface area is 128 Å². The van der Waals surface area contributed by atoms with Crippen molar-refractivity contribution in [2.75, 3.05) is 0 Å². The van der Waals surface area contributed by atoms with Crippen molar-refractivity contribution in [2.24, 2.45) is 0 Å². The summed E-state index contributed by atoms with van der Waals surface area (Å²) in [6, 6.07) is 0. The van der Waals surface area contributed by atoms with E-state index in [1.165, 1.54) is 13.9 Å². The molecule has 1 atom stereocenters. The number of hydrogen-bond acceptors (Lipinski definition) is 6. The van der Waals surface area contributed by atoms with Crippen LogP contribution in [0.2, 0.25) is 0 Å². The first-order valence-corrected chi connectivity index (χ1v) is 7.20. The first-order valence-electron chi connectivity index (χ1n) is 6.49. The number of hydrogen-bond donors (Lipinski definition) is 3. The molecular formula is C11H20B2BrNO5. The molecule has 1 saturated heterocycles. The number of aliphatic hydroxyl groups is 3. The molecule has 112 valence electrons. The minimum Gasteiger partial charge on any atom is -0.400 e. The van der Waals surface area contributed by atoms with Gasteiger partial charge >= 0.3 is 7.12 Å². The molecule has 2 aliphatic rings. The van der Waals surface area contributed by atoms with Crippen molar-refractivity contribution in [2.45, 2.75) is 56.9 Å². The van der Waals surface area contributed by atoms with E-state index < -0.39 is 29.9 Å². The van der Waals surface area contributed by atoms with Crippen LogP contribution in [-0.2, 0) is 9.31 Å². The summed E-state index contributed by atoms with van der Waals surface area (Å²) < 4.78 is 12.6. The Balaban J connectivity index is 2.31. The van der Waals surface area contributed by atoms with Crippen LogP contribution in [0.3, 0.4) is 0 Å². The van der Waals surface area contributed by atoms with Gasteiger partial charge in [-0.05, 0) is 39.2 Å². The van der Waals surface area contributed by atoms with Crippen LogP contribution >= 0.6 is 16.1 Å². The van der Waals surface area contributed by atoms with Crippen LogP contribution in [0.15, 0.2) is 11.5 Å². The van der Waals surface area contributed by atoms with E-state index in [-0.39, 0.29) is 6.42 Å². The Morgan fingerprint density at radius 3 is 2.05 bits per heavy atom. The van der Waals surface area contributed by atoms with Gasteiger partial charge in [-0.1, -0.05) is 0 Å². The summed E-state index contributed by atoms with van der Waals surface area (Å²) in [5.74, 6) is -2.32. The summed E-state index contributed by atoms with van der Waals surface area (Å²) in [7, 11) is 0.757. The zero-order chi connectivity index (χ0) is 15.6. The molecule has 2 aliphatic heterocycles. The SMILES string of the molecule is BC1(O)CC(B2OC(C)(C)C(C)(C)O2)=CC(O)(O)N1Br. The second kappa shape index (κ2) is 4.55. The van der Waals surface area contributed by atoms with Crippen LogP contribution in [0, 0.1) is 0 Å². The van der Waals surface area contributed by atoms with E-state index in [9.17, 15) is 15.3 Å². The molecule has 6 nitrogen and oxygen atoms in total. The summed E-state index contributed by atoms with van der Waals surface area (Å²) in [4.78, 5) is 0. The fraction of sp³-hybridized carbons (Fsp3) is 0.818. The van der Waals surface area contributed by atoms with Crippen LogP contribution < -0.4 is 0 Å².